The van der Waals surface area contributed by atoms with Gasteiger partial charge in [-0.2, -0.15) is 0 Å². The molecule has 3 rings (SSSR count). The first-order chi connectivity index (χ1) is 11.5. The smallest absolute Gasteiger partial charge is 0.267 e. The van der Waals surface area contributed by atoms with E-state index in [1.807, 2.05) is 30.5 Å². The second-order valence-corrected chi connectivity index (χ2v) is 6.43. The van der Waals surface area contributed by atoms with Crippen LogP contribution in [-0.2, 0) is 7.05 Å². The average Bonchev–Trinajstić information content (AvgIpc) is 2.60. The lowest BCUT2D eigenvalue weighted by atomic mass is 10.1. The molecule has 1 aliphatic rings. The molecule has 2 N–H and O–H groups in total. The van der Waals surface area contributed by atoms with Crippen molar-refractivity contribution in [1.29, 1.82) is 0 Å². The molecule has 1 aromatic carbocycles. The summed E-state index contributed by atoms with van der Waals surface area (Å²) in [4.78, 5) is 26.1. The van der Waals surface area contributed by atoms with Crippen molar-refractivity contribution < 1.29 is 9.90 Å². The van der Waals surface area contributed by atoms with Gasteiger partial charge in [0.25, 0.3) is 11.5 Å². The molecule has 5 nitrogen and oxygen atoms in total. The lowest BCUT2D eigenvalue weighted by Gasteiger charge is -2.12. The van der Waals surface area contributed by atoms with Crippen LogP contribution >= 0.6 is 11.8 Å². The summed E-state index contributed by atoms with van der Waals surface area (Å²) in [5.41, 5.74) is -0.153. The van der Waals surface area contributed by atoms with Crippen molar-refractivity contribution in [2.24, 2.45) is 7.05 Å². The number of nitrogens with one attached hydrogen (secondary N) is 1. The van der Waals surface area contributed by atoms with Crippen molar-refractivity contribution in [3.63, 3.8) is 0 Å². The highest BCUT2D eigenvalue weighted by atomic mass is 32.2. The third-order valence-corrected chi connectivity index (χ3v) is 4.82. The fourth-order valence-corrected chi connectivity index (χ4v) is 3.19. The van der Waals surface area contributed by atoms with Crippen molar-refractivity contribution in [2.75, 3.05) is 11.6 Å². The number of carbonyl (C=O) groups is 1. The summed E-state index contributed by atoms with van der Waals surface area (Å²) in [6, 6.07) is 7.30. The lowest BCUT2D eigenvalue weighted by molar-refractivity contribution is 0.102. The Labute approximate surface area is 143 Å². The zero-order valence-electron chi connectivity index (χ0n) is 13.5. The molecular weight excluding hydrogens is 324 g/mol. The predicted octanol–water partition coefficient (Wildman–Crippen LogP) is 1.42. The van der Waals surface area contributed by atoms with E-state index in [9.17, 15) is 14.7 Å². The van der Waals surface area contributed by atoms with Crippen LogP contribution in [0.15, 0.2) is 34.0 Å². The zero-order chi connectivity index (χ0) is 17.3. The molecule has 0 spiro atoms. The average molecular weight is 342 g/mol. The molecule has 6 heteroatoms. The fourth-order valence-electron chi connectivity index (χ4n) is 2.78. The molecule has 1 heterocycles. The molecule has 124 valence electrons. The number of benzene rings is 1. The van der Waals surface area contributed by atoms with Gasteiger partial charge in [-0.25, -0.2) is 0 Å². The maximum absolute atomic E-state index is 12.5. The Kier molecular flexibility index (Phi) is 4.49. The van der Waals surface area contributed by atoms with Gasteiger partial charge < -0.3 is 15.0 Å². The van der Waals surface area contributed by atoms with E-state index in [4.69, 9.17) is 0 Å². The standard InChI is InChI=1S/C18H18N2O3S/c1-20-14-6-4-3-5-13(14)16(21)15(18(20)23)17(22)19-11-7-9-12(24-2)10-8-11/h5-10,21H,3-4H2,1-2H3,(H,19,22). The first-order valence-corrected chi connectivity index (χ1v) is 8.83. The number of amides is 1. The van der Waals surface area contributed by atoms with Crippen molar-refractivity contribution in [2.45, 2.75) is 17.7 Å². The van der Waals surface area contributed by atoms with E-state index in [0.717, 1.165) is 17.7 Å². The van der Waals surface area contributed by atoms with Gasteiger partial charge in [0, 0.05) is 22.8 Å². The number of fused-ring (bicyclic) bond motifs is 1. The third-order valence-electron chi connectivity index (χ3n) is 4.08. The molecule has 0 aliphatic heterocycles. The van der Waals surface area contributed by atoms with Gasteiger partial charge in [-0.3, -0.25) is 9.59 Å². The van der Waals surface area contributed by atoms with Crippen LogP contribution in [0.5, 0.6) is 5.75 Å². The fraction of sp³-hybridized carbons (Fsp3) is 0.222. The summed E-state index contributed by atoms with van der Waals surface area (Å²) in [7, 11) is 1.61. The van der Waals surface area contributed by atoms with Gasteiger partial charge in [-0.05, 0) is 43.4 Å². The van der Waals surface area contributed by atoms with Crippen LogP contribution in [0.3, 0.4) is 0 Å². The summed E-state index contributed by atoms with van der Waals surface area (Å²) >= 11 is 1.60. The van der Waals surface area contributed by atoms with Gasteiger partial charge in [0.05, 0.1) is 5.35 Å². The Bertz CT molecular complexity index is 975. The zero-order valence-corrected chi connectivity index (χ0v) is 14.3. The van der Waals surface area contributed by atoms with Crippen LogP contribution in [0.1, 0.15) is 23.2 Å². The molecule has 2 aromatic rings. The number of hydrogen-bond donors (Lipinski definition) is 2. The molecule has 24 heavy (non-hydrogen) atoms. The molecule has 1 amide bonds. The molecule has 0 radical (unpaired) electrons. The third kappa shape index (κ3) is 2.85. The van der Waals surface area contributed by atoms with Crippen molar-refractivity contribution >= 4 is 35.5 Å². The number of nitrogens with zero attached hydrogens (tertiary/aromatic N) is 1. The Morgan fingerprint density at radius 3 is 2.54 bits per heavy atom. The molecule has 0 fully saturated rings. The quantitative estimate of drug-likeness (QED) is 0.828. The summed E-state index contributed by atoms with van der Waals surface area (Å²) in [5.74, 6) is -0.853. The summed E-state index contributed by atoms with van der Waals surface area (Å²) < 4.78 is 1.41. The lowest BCUT2D eigenvalue weighted by Crippen LogP contribution is -2.45. The minimum absolute atomic E-state index is 0.225. The molecule has 0 saturated heterocycles. The first kappa shape index (κ1) is 16.4. The number of carbonyl (C=O) groups excluding carboxylic acids is 1. The number of aromatic hydroxyl groups is 1. The maximum Gasteiger partial charge on any atom is 0.267 e. The Morgan fingerprint density at radius 2 is 1.88 bits per heavy atom. The van der Waals surface area contributed by atoms with Crippen LogP contribution in [0.2, 0.25) is 0 Å². The second-order valence-electron chi connectivity index (χ2n) is 5.55. The normalized spacial score (nSPS) is 12.8. The topological polar surface area (TPSA) is 71.3 Å². The van der Waals surface area contributed by atoms with Gasteiger partial charge in [0.15, 0.2) is 0 Å². The summed E-state index contributed by atoms with van der Waals surface area (Å²) in [6.45, 7) is 0. The molecule has 1 aromatic heterocycles. The maximum atomic E-state index is 12.5. The Morgan fingerprint density at radius 1 is 1.21 bits per heavy atom. The number of anilines is 1. The van der Waals surface area contributed by atoms with E-state index >= 15 is 0 Å². The number of hydrogen-bond acceptors (Lipinski definition) is 4. The van der Waals surface area contributed by atoms with E-state index < -0.39 is 11.5 Å². The Balaban J connectivity index is 2.04. The molecule has 0 unspecified atom stereocenters. The highest BCUT2D eigenvalue weighted by molar-refractivity contribution is 7.98. The summed E-state index contributed by atoms with van der Waals surface area (Å²) in [6.07, 6.45) is 7.31. The SMILES string of the molecule is CSc1ccc(NC(=O)c2c(O)c3c(n(C)c2=O)=CCCC=3)cc1. The molecule has 0 bridgehead atoms. The first-order valence-electron chi connectivity index (χ1n) is 7.60. The minimum Gasteiger partial charge on any atom is -0.506 e. The number of aromatic nitrogens is 1. The van der Waals surface area contributed by atoms with Crippen LogP contribution in [-0.4, -0.2) is 21.8 Å². The molecule has 0 saturated carbocycles. The highest BCUT2D eigenvalue weighted by Gasteiger charge is 2.20. The molecular formula is C18H18N2O3S. The van der Waals surface area contributed by atoms with Crippen LogP contribution in [0.25, 0.3) is 12.2 Å². The predicted molar refractivity (Wildman–Crippen MR) is 96.9 cm³/mol. The molecule has 1 aliphatic carbocycles. The van der Waals surface area contributed by atoms with Gasteiger partial charge in [0.2, 0.25) is 0 Å². The van der Waals surface area contributed by atoms with E-state index in [1.54, 1.807) is 30.9 Å². The van der Waals surface area contributed by atoms with Gasteiger partial charge in [-0.15, -0.1) is 11.8 Å². The molecule has 0 atom stereocenters. The second kappa shape index (κ2) is 6.57. The number of thioether (sulfide) groups is 1. The van der Waals surface area contributed by atoms with Crippen molar-refractivity contribution in [1.82, 2.24) is 4.57 Å². The summed E-state index contributed by atoms with van der Waals surface area (Å²) in [5, 5.41) is 14.3. The van der Waals surface area contributed by atoms with Crippen LogP contribution in [0, 0.1) is 0 Å². The minimum atomic E-state index is -0.605. The van der Waals surface area contributed by atoms with Crippen LogP contribution in [0.4, 0.5) is 5.69 Å². The van der Waals surface area contributed by atoms with E-state index in [2.05, 4.69) is 5.32 Å². The van der Waals surface area contributed by atoms with Crippen molar-refractivity contribution in [3.8, 4) is 5.75 Å². The largest absolute Gasteiger partial charge is 0.506 e. The number of rotatable bonds is 3. The van der Waals surface area contributed by atoms with E-state index in [1.165, 1.54) is 4.57 Å². The van der Waals surface area contributed by atoms with Crippen molar-refractivity contribution in [3.05, 3.63) is 50.8 Å². The number of pyridine rings is 1. The monoisotopic (exact) mass is 342 g/mol. The van der Waals surface area contributed by atoms with E-state index in [-0.39, 0.29) is 11.3 Å². The van der Waals surface area contributed by atoms with Crippen LogP contribution < -0.4 is 21.4 Å². The van der Waals surface area contributed by atoms with Gasteiger partial charge in [-0.1, -0.05) is 12.2 Å². The highest BCUT2D eigenvalue weighted by Crippen LogP contribution is 2.18. The Hall–Kier alpha value is -2.47. The van der Waals surface area contributed by atoms with E-state index in [0.29, 0.717) is 16.3 Å². The van der Waals surface area contributed by atoms with Gasteiger partial charge in [0.1, 0.15) is 11.3 Å². The van der Waals surface area contributed by atoms with Gasteiger partial charge >= 0.3 is 0 Å².